The summed E-state index contributed by atoms with van der Waals surface area (Å²) in [5.41, 5.74) is 1.08. The Hall–Kier alpha value is -1.07. The molecular weight excluding hydrogens is 264 g/mol. The number of aromatic nitrogens is 2. The molecule has 1 unspecified atom stereocenters. The minimum Gasteiger partial charge on any atom is -0.383 e. The average molecular weight is 294 g/mol. The van der Waals surface area contributed by atoms with E-state index < -0.39 is 0 Å². The number of piperidine rings is 1. The lowest BCUT2D eigenvalue weighted by atomic mass is 9.97. The Balaban J connectivity index is 2.12. The van der Waals surface area contributed by atoms with Gasteiger partial charge in [-0.05, 0) is 52.6 Å². The van der Waals surface area contributed by atoms with E-state index in [-0.39, 0.29) is 0 Å². The Labute approximate surface area is 128 Å². The van der Waals surface area contributed by atoms with Crippen molar-refractivity contribution in [2.24, 2.45) is 5.92 Å². The Morgan fingerprint density at radius 1 is 1.48 bits per heavy atom. The monoisotopic (exact) mass is 294 g/mol. The van der Waals surface area contributed by atoms with Crippen molar-refractivity contribution in [2.45, 2.75) is 39.7 Å². The first-order valence-electron chi connectivity index (χ1n) is 8.15. The second kappa shape index (κ2) is 7.80. The third-order valence-electron chi connectivity index (χ3n) is 4.32. The summed E-state index contributed by atoms with van der Waals surface area (Å²) in [4.78, 5) is 7.19. The van der Waals surface area contributed by atoms with Gasteiger partial charge in [0.2, 0.25) is 5.95 Å². The summed E-state index contributed by atoms with van der Waals surface area (Å²) < 4.78 is 7.58. The Bertz CT molecular complexity index is 426. The smallest absolute Gasteiger partial charge is 0.206 e. The first kappa shape index (κ1) is 16.3. The van der Waals surface area contributed by atoms with Crippen LogP contribution in [0, 0.1) is 12.8 Å². The summed E-state index contributed by atoms with van der Waals surface area (Å²) >= 11 is 0. The van der Waals surface area contributed by atoms with Crippen molar-refractivity contribution in [3.8, 4) is 0 Å². The van der Waals surface area contributed by atoms with Crippen LogP contribution in [0.5, 0.6) is 0 Å². The lowest BCUT2D eigenvalue weighted by Gasteiger charge is -2.31. The molecule has 1 N–H and O–H groups in total. The maximum Gasteiger partial charge on any atom is 0.206 e. The van der Waals surface area contributed by atoms with Gasteiger partial charge in [0.15, 0.2) is 0 Å². The van der Waals surface area contributed by atoms with E-state index in [1.54, 1.807) is 7.11 Å². The largest absolute Gasteiger partial charge is 0.383 e. The summed E-state index contributed by atoms with van der Waals surface area (Å²) in [6.07, 6.45) is 4.68. The van der Waals surface area contributed by atoms with E-state index in [1.807, 2.05) is 0 Å². The molecule has 5 nitrogen and oxygen atoms in total. The molecule has 1 aromatic rings. The van der Waals surface area contributed by atoms with Crippen molar-refractivity contribution < 1.29 is 4.74 Å². The van der Waals surface area contributed by atoms with Crippen molar-refractivity contribution in [1.29, 1.82) is 0 Å². The second-order valence-corrected chi connectivity index (χ2v) is 6.13. The molecule has 2 heterocycles. The van der Waals surface area contributed by atoms with Gasteiger partial charge in [-0.25, -0.2) is 4.98 Å². The highest BCUT2D eigenvalue weighted by Crippen LogP contribution is 2.23. The van der Waals surface area contributed by atoms with Crippen LogP contribution < -0.4 is 10.2 Å². The van der Waals surface area contributed by atoms with Crippen molar-refractivity contribution in [1.82, 2.24) is 14.9 Å². The minimum absolute atomic E-state index is 0.313. The normalized spacial score (nSPS) is 17.9. The van der Waals surface area contributed by atoms with Gasteiger partial charge in [-0.3, -0.25) is 0 Å². The zero-order valence-corrected chi connectivity index (χ0v) is 13.9. The Morgan fingerprint density at radius 3 is 2.81 bits per heavy atom. The third-order valence-corrected chi connectivity index (χ3v) is 4.32. The van der Waals surface area contributed by atoms with Crippen LogP contribution in [0.4, 0.5) is 5.95 Å². The first-order valence-corrected chi connectivity index (χ1v) is 8.15. The quantitative estimate of drug-likeness (QED) is 0.837. The number of ether oxygens (including phenoxy) is 1. The number of nitrogens with one attached hydrogen (secondary N) is 1. The van der Waals surface area contributed by atoms with Crippen LogP contribution in [0.25, 0.3) is 0 Å². The molecule has 2 rings (SSSR count). The summed E-state index contributed by atoms with van der Waals surface area (Å²) in [6, 6.07) is 0.313. The van der Waals surface area contributed by atoms with Crippen molar-refractivity contribution in [3.63, 3.8) is 0 Å². The number of hydrogen-bond donors (Lipinski definition) is 1. The summed E-state index contributed by atoms with van der Waals surface area (Å²) in [7, 11) is 1.76. The highest BCUT2D eigenvalue weighted by atomic mass is 16.5. The van der Waals surface area contributed by atoms with Gasteiger partial charge in [0.05, 0.1) is 18.3 Å². The van der Waals surface area contributed by atoms with Crippen LogP contribution in [0.2, 0.25) is 0 Å². The maximum absolute atomic E-state index is 5.31. The summed E-state index contributed by atoms with van der Waals surface area (Å²) in [5.74, 6) is 1.87. The van der Waals surface area contributed by atoms with Gasteiger partial charge in [-0.2, -0.15) is 0 Å². The average Bonchev–Trinajstić information content (AvgIpc) is 2.88. The van der Waals surface area contributed by atoms with Gasteiger partial charge < -0.3 is 19.5 Å². The maximum atomic E-state index is 5.31. The van der Waals surface area contributed by atoms with Gasteiger partial charge in [0, 0.05) is 26.4 Å². The first-order chi connectivity index (χ1) is 10.2. The molecule has 21 heavy (non-hydrogen) atoms. The topological polar surface area (TPSA) is 42.3 Å². The van der Waals surface area contributed by atoms with Crippen molar-refractivity contribution in [3.05, 3.63) is 11.9 Å². The molecule has 0 radical (unpaired) electrons. The molecule has 0 amide bonds. The summed E-state index contributed by atoms with van der Waals surface area (Å²) in [5, 5.41) is 3.44. The number of rotatable bonds is 7. The van der Waals surface area contributed by atoms with Crippen LogP contribution in [-0.4, -0.2) is 49.4 Å². The molecule has 5 heteroatoms. The van der Waals surface area contributed by atoms with Gasteiger partial charge >= 0.3 is 0 Å². The standard InChI is InChI=1S/C16H30N4O/c1-5-19(11-15-6-8-17-9-7-15)16-18-13(2)10-20(16)14(3)12-21-4/h10,14-15,17H,5-9,11-12H2,1-4H3. The van der Waals surface area contributed by atoms with Gasteiger partial charge in [0.1, 0.15) is 0 Å². The minimum atomic E-state index is 0.313. The van der Waals surface area contributed by atoms with Crippen molar-refractivity contribution >= 4 is 5.95 Å². The highest BCUT2D eigenvalue weighted by molar-refractivity contribution is 5.34. The van der Waals surface area contributed by atoms with Crippen LogP contribution in [0.3, 0.4) is 0 Å². The highest BCUT2D eigenvalue weighted by Gasteiger charge is 2.21. The molecule has 0 aliphatic carbocycles. The Morgan fingerprint density at radius 2 is 2.19 bits per heavy atom. The van der Waals surface area contributed by atoms with Crippen LogP contribution >= 0.6 is 0 Å². The number of nitrogens with zero attached hydrogens (tertiary/aromatic N) is 3. The molecule has 1 saturated heterocycles. The molecule has 1 aliphatic rings. The van der Waals surface area contributed by atoms with Gasteiger partial charge in [-0.15, -0.1) is 0 Å². The molecule has 1 aliphatic heterocycles. The molecule has 120 valence electrons. The number of methoxy groups -OCH3 is 1. The molecular formula is C16H30N4O. The van der Waals surface area contributed by atoms with Gasteiger partial charge in [0.25, 0.3) is 0 Å². The van der Waals surface area contributed by atoms with E-state index in [9.17, 15) is 0 Å². The van der Waals surface area contributed by atoms with E-state index in [2.05, 4.69) is 41.8 Å². The van der Waals surface area contributed by atoms with E-state index >= 15 is 0 Å². The molecule has 0 aromatic carbocycles. The third kappa shape index (κ3) is 4.20. The predicted octanol–water partition coefficient (Wildman–Crippen LogP) is 2.22. The molecule has 0 spiro atoms. The van der Waals surface area contributed by atoms with Crippen molar-refractivity contribution in [2.75, 3.05) is 44.8 Å². The number of hydrogen-bond acceptors (Lipinski definition) is 4. The number of anilines is 1. The lowest BCUT2D eigenvalue weighted by Crippen LogP contribution is -2.37. The van der Waals surface area contributed by atoms with E-state index in [1.165, 1.54) is 12.8 Å². The predicted molar refractivity (Wildman–Crippen MR) is 87.0 cm³/mol. The molecule has 0 saturated carbocycles. The van der Waals surface area contributed by atoms with E-state index in [0.29, 0.717) is 12.6 Å². The molecule has 1 atom stereocenters. The van der Waals surface area contributed by atoms with Crippen LogP contribution in [-0.2, 0) is 4.74 Å². The summed E-state index contributed by atoms with van der Waals surface area (Å²) in [6.45, 7) is 11.6. The number of aryl methyl sites for hydroxylation is 1. The number of imidazole rings is 1. The fraction of sp³-hybridized carbons (Fsp3) is 0.812. The zero-order chi connectivity index (χ0) is 15.2. The fourth-order valence-corrected chi connectivity index (χ4v) is 3.11. The fourth-order valence-electron chi connectivity index (χ4n) is 3.11. The van der Waals surface area contributed by atoms with Crippen LogP contribution in [0.1, 0.15) is 38.4 Å². The molecule has 1 aromatic heterocycles. The van der Waals surface area contributed by atoms with Crippen LogP contribution in [0.15, 0.2) is 6.20 Å². The SMILES string of the molecule is CCN(CC1CCNCC1)c1nc(C)cn1C(C)COC. The zero-order valence-electron chi connectivity index (χ0n) is 13.9. The lowest BCUT2D eigenvalue weighted by molar-refractivity contribution is 0.162. The van der Waals surface area contributed by atoms with E-state index in [0.717, 1.165) is 43.7 Å². The Kier molecular flexibility index (Phi) is 6.06. The molecule has 1 fully saturated rings. The van der Waals surface area contributed by atoms with Gasteiger partial charge in [-0.1, -0.05) is 0 Å². The molecule has 0 bridgehead atoms. The van der Waals surface area contributed by atoms with E-state index in [4.69, 9.17) is 9.72 Å². The second-order valence-electron chi connectivity index (χ2n) is 6.13.